The van der Waals surface area contributed by atoms with Gasteiger partial charge in [-0.25, -0.2) is 14.2 Å². The van der Waals surface area contributed by atoms with Gasteiger partial charge in [0.05, 0.1) is 12.3 Å². The van der Waals surface area contributed by atoms with Crippen LogP contribution < -0.4 is 5.32 Å². The lowest BCUT2D eigenvalue weighted by molar-refractivity contribution is 0.0475. The maximum Gasteiger partial charge on any atom is 0.342 e. The molecule has 0 bridgehead atoms. The fourth-order valence-electron chi connectivity index (χ4n) is 3.26. The Kier molecular flexibility index (Phi) is 7.15. The number of methoxy groups -OCH3 is 1. The standard InChI is InChI=1S/C23H24FN3O4/c1-15-13-18(16(2)27(15)11-12-30-3)21(28)14-31-23(29)17-7-6-10-25-22(17)26-20-9-5-4-8-19(20)24/h4-10,13H,11-12,14H2,1-3H3,(H,25,26). The molecule has 0 aliphatic carbocycles. The number of hydrogen-bond acceptors (Lipinski definition) is 6. The number of anilines is 2. The summed E-state index contributed by atoms with van der Waals surface area (Å²) in [5.74, 6) is -1.37. The van der Waals surface area contributed by atoms with Crippen molar-refractivity contribution in [3.05, 3.63) is 77.0 Å². The number of ketones is 1. The number of ether oxygens (including phenoxy) is 2. The van der Waals surface area contributed by atoms with Crippen LogP contribution in [0.25, 0.3) is 0 Å². The Morgan fingerprint density at radius 1 is 1.13 bits per heavy atom. The number of halogens is 1. The predicted octanol–water partition coefficient (Wildman–Crippen LogP) is 4.07. The van der Waals surface area contributed by atoms with Gasteiger partial charge in [-0.1, -0.05) is 12.1 Å². The molecule has 3 rings (SSSR count). The molecule has 3 aromatic rings. The number of hydrogen-bond donors (Lipinski definition) is 1. The summed E-state index contributed by atoms with van der Waals surface area (Å²) in [5, 5.41) is 2.79. The largest absolute Gasteiger partial charge is 0.454 e. The molecule has 2 aromatic heterocycles. The van der Waals surface area contributed by atoms with E-state index in [0.717, 1.165) is 11.4 Å². The molecule has 162 valence electrons. The lowest BCUT2D eigenvalue weighted by Crippen LogP contribution is -2.16. The summed E-state index contributed by atoms with van der Waals surface area (Å²) in [7, 11) is 1.62. The first-order chi connectivity index (χ1) is 14.9. The summed E-state index contributed by atoms with van der Waals surface area (Å²) in [5.41, 5.74) is 2.49. The molecule has 8 heteroatoms. The highest BCUT2D eigenvalue weighted by Crippen LogP contribution is 2.22. The third-order valence-corrected chi connectivity index (χ3v) is 4.88. The second-order valence-electron chi connectivity index (χ2n) is 6.93. The highest BCUT2D eigenvalue weighted by atomic mass is 19.1. The predicted molar refractivity (Wildman–Crippen MR) is 114 cm³/mol. The maximum absolute atomic E-state index is 13.9. The van der Waals surface area contributed by atoms with Crippen LogP contribution in [0.5, 0.6) is 0 Å². The van der Waals surface area contributed by atoms with Gasteiger partial charge in [-0.05, 0) is 44.2 Å². The topological polar surface area (TPSA) is 82.5 Å². The van der Waals surface area contributed by atoms with E-state index in [1.54, 1.807) is 31.4 Å². The second-order valence-corrected chi connectivity index (χ2v) is 6.93. The van der Waals surface area contributed by atoms with Gasteiger partial charge >= 0.3 is 5.97 Å². The number of para-hydroxylation sites is 1. The number of aryl methyl sites for hydroxylation is 1. The summed E-state index contributed by atoms with van der Waals surface area (Å²) in [4.78, 5) is 29.4. The number of aromatic nitrogens is 2. The molecule has 1 N–H and O–H groups in total. The number of Topliss-reactive ketones (excluding diaryl/α,β-unsaturated/α-hetero) is 1. The zero-order valence-electron chi connectivity index (χ0n) is 17.6. The number of rotatable bonds is 9. The highest BCUT2D eigenvalue weighted by Gasteiger charge is 2.20. The molecule has 0 atom stereocenters. The number of carbonyl (C=O) groups is 2. The summed E-state index contributed by atoms with van der Waals surface area (Å²) in [6.45, 7) is 4.48. The fraction of sp³-hybridized carbons (Fsp3) is 0.261. The number of esters is 1. The third kappa shape index (κ3) is 5.16. The summed E-state index contributed by atoms with van der Waals surface area (Å²) in [6.07, 6.45) is 1.47. The van der Waals surface area contributed by atoms with Crippen LogP contribution in [0.2, 0.25) is 0 Å². The van der Waals surface area contributed by atoms with Gasteiger partial charge < -0.3 is 19.4 Å². The second kappa shape index (κ2) is 9.99. The minimum atomic E-state index is -0.728. The van der Waals surface area contributed by atoms with Crippen molar-refractivity contribution in [3.8, 4) is 0 Å². The zero-order chi connectivity index (χ0) is 22.4. The van der Waals surface area contributed by atoms with Crippen molar-refractivity contribution in [1.82, 2.24) is 9.55 Å². The number of benzene rings is 1. The summed E-state index contributed by atoms with van der Waals surface area (Å²) >= 11 is 0. The fourth-order valence-corrected chi connectivity index (χ4v) is 3.26. The number of nitrogens with zero attached hydrogens (tertiary/aromatic N) is 2. The number of nitrogens with one attached hydrogen (secondary N) is 1. The normalized spacial score (nSPS) is 10.7. The van der Waals surface area contributed by atoms with Crippen molar-refractivity contribution in [2.45, 2.75) is 20.4 Å². The molecule has 0 fully saturated rings. The van der Waals surface area contributed by atoms with Crippen LogP contribution >= 0.6 is 0 Å². The van der Waals surface area contributed by atoms with E-state index >= 15 is 0 Å². The molecule has 0 aliphatic rings. The van der Waals surface area contributed by atoms with Crippen molar-refractivity contribution >= 4 is 23.3 Å². The SMILES string of the molecule is COCCn1c(C)cc(C(=O)COC(=O)c2cccnc2Nc2ccccc2F)c1C. The third-order valence-electron chi connectivity index (χ3n) is 4.88. The first-order valence-electron chi connectivity index (χ1n) is 9.75. The van der Waals surface area contributed by atoms with Crippen LogP contribution in [0.4, 0.5) is 15.9 Å². The Hall–Kier alpha value is -3.52. The van der Waals surface area contributed by atoms with Crippen LogP contribution in [0.15, 0.2) is 48.7 Å². The molecule has 7 nitrogen and oxygen atoms in total. The van der Waals surface area contributed by atoms with E-state index in [2.05, 4.69) is 10.3 Å². The van der Waals surface area contributed by atoms with Gasteiger partial charge in [-0.2, -0.15) is 0 Å². The van der Waals surface area contributed by atoms with Gasteiger partial charge in [0, 0.05) is 36.8 Å². The van der Waals surface area contributed by atoms with Crippen molar-refractivity contribution in [2.75, 3.05) is 25.6 Å². The van der Waals surface area contributed by atoms with Crippen molar-refractivity contribution < 1.29 is 23.5 Å². The van der Waals surface area contributed by atoms with Gasteiger partial charge in [0.15, 0.2) is 6.61 Å². The summed E-state index contributed by atoms with van der Waals surface area (Å²) in [6, 6.07) is 10.9. The molecule has 2 heterocycles. The van der Waals surface area contributed by atoms with Gasteiger partial charge in [0.2, 0.25) is 5.78 Å². The van der Waals surface area contributed by atoms with Crippen LogP contribution in [-0.2, 0) is 16.0 Å². The molecule has 0 saturated carbocycles. The van der Waals surface area contributed by atoms with E-state index in [1.807, 2.05) is 18.4 Å². The smallest absolute Gasteiger partial charge is 0.342 e. The number of carbonyl (C=O) groups excluding carboxylic acids is 2. The van der Waals surface area contributed by atoms with E-state index in [9.17, 15) is 14.0 Å². The Morgan fingerprint density at radius 2 is 1.90 bits per heavy atom. The Balaban J connectivity index is 1.71. The lowest BCUT2D eigenvalue weighted by Gasteiger charge is -2.11. The quantitative estimate of drug-likeness (QED) is 0.411. The van der Waals surface area contributed by atoms with Gasteiger partial charge in [0.25, 0.3) is 0 Å². The average Bonchev–Trinajstić information content (AvgIpc) is 3.05. The van der Waals surface area contributed by atoms with E-state index in [4.69, 9.17) is 9.47 Å². The Morgan fingerprint density at radius 3 is 2.65 bits per heavy atom. The average molecular weight is 425 g/mol. The van der Waals surface area contributed by atoms with Crippen LogP contribution in [0, 0.1) is 19.7 Å². The lowest BCUT2D eigenvalue weighted by atomic mass is 10.1. The zero-order valence-corrected chi connectivity index (χ0v) is 17.6. The van der Waals surface area contributed by atoms with Crippen molar-refractivity contribution in [2.24, 2.45) is 0 Å². The monoisotopic (exact) mass is 425 g/mol. The first kappa shape index (κ1) is 22.2. The number of pyridine rings is 1. The van der Waals surface area contributed by atoms with E-state index < -0.39 is 18.4 Å². The van der Waals surface area contributed by atoms with Gasteiger partial charge in [0.1, 0.15) is 17.2 Å². The van der Waals surface area contributed by atoms with Gasteiger partial charge in [-0.3, -0.25) is 4.79 Å². The van der Waals surface area contributed by atoms with Crippen LogP contribution in [0.3, 0.4) is 0 Å². The molecule has 31 heavy (non-hydrogen) atoms. The van der Waals surface area contributed by atoms with E-state index in [1.165, 1.54) is 24.4 Å². The molecule has 0 radical (unpaired) electrons. The summed E-state index contributed by atoms with van der Waals surface area (Å²) < 4.78 is 26.3. The minimum Gasteiger partial charge on any atom is -0.454 e. The minimum absolute atomic E-state index is 0.101. The Labute approximate surface area is 179 Å². The Bertz CT molecular complexity index is 1090. The van der Waals surface area contributed by atoms with E-state index in [0.29, 0.717) is 18.7 Å². The molecule has 1 aromatic carbocycles. The van der Waals surface area contributed by atoms with Crippen molar-refractivity contribution in [3.63, 3.8) is 0 Å². The molecule has 0 aliphatic heterocycles. The highest BCUT2D eigenvalue weighted by molar-refractivity contribution is 6.01. The molecule has 0 amide bonds. The molecular weight excluding hydrogens is 401 g/mol. The molecular formula is C23H24FN3O4. The molecule has 0 spiro atoms. The molecule has 0 unspecified atom stereocenters. The van der Waals surface area contributed by atoms with Gasteiger partial charge in [-0.15, -0.1) is 0 Å². The van der Waals surface area contributed by atoms with Crippen LogP contribution in [0.1, 0.15) is 32.1 Å². The maximum atomic E-state index is 13.9. The van der Waals surface area contributed by atoms with E-state index in [-0.39, 0.29) is 22.9 Å². The first-order valence-corrected chi connectivity index (χ1v) is 9.75. The van der Waals surface area contributed by atoms with Crippen molar-refractivity contribution in [1.29, 1.82) is 0 Å². The van der Waals surface area contributed by atoms with Crippen LogP contribution in [-0.4, -0.2) is 41.6 Å². The molecule has 0 saturated heterocycles.